The van der Waals surface area contributed by atoms with Gasteiger partial charge in [0.2, 0.25) is 0 Å². The fourth-order valence-corrected chi connectivity index (χ4v) is 5.20. The summed E-state index contributed by atoms with van der Waals surface area (Å²) in [7, 11) is 0. The monoisotopic (exact) mass is 410 g/mol. The Morgan fingerprint density at radius 2 is 1.23 bits per heavy atom. The molecule has 0 bridgehead atoms. The molecule has 0 aliphatic carbocycles. The van der Waals surface area contributed by atoms with Gasteiger partial charge in [-0.2, -0.15) is 0 Å². The van der Waals surface area contributed by atoms with E-state index in [4.69, 9.17) is 0 Å². The van der Waals surface area contributed by atoms with Crippen molar-refractivity contribution in [2.45, 2.75) is 51.2 Å². The normalized spacial score (nSPS) is 19.0. The van der Waals surface area contributed by atoms with E-state index in [2.05, 4.69) is 127 Å². The van der Waals surface area contributed by atoms with Crippen LogP contribution in [0.25, 0.3) is 0 Å². The zero-order valence-corrected chi connectivity index (χ0v) is 18.8. The van der Waals surface area contributed by atoms with Gasteiger partial charge in [-0.1, -0.05) is 105 Å². The van der Waals surface area contributed by atoms with Gasteiger partial charge < -0.3 is 9.80 Å². The van der Waals surface area contributed by atoms with Gasteiger partial charge in [-0.05, 0) is 29.5 Å². The summed E-state index contributed by atoms with van der Waals surface area (Å²) in [4.78, 5) is 5.22. The number of rotatable bonds is 9. The molecule has 0 amide bonds. The molecule has 2 nitrogen and oxygen atoms in total. The zero-order chi connectivity index (χ0) is 21.5. The highest BCUT2D eigenvalue weighted by atomic mass is 15.4. The molecule has 3 aromatic carbocycles. The minimum absolute atomic E-state index is 0.136. The lowest BCUT2D eigenvalue weighted by Crippen LogP contribution is -2.58. The minimum Gasteiger partial charge on any atom is -0.353 e. The smallest absolute Gasteiger partial charge is 0.123 e. The first-order chi connectivity index (χ1) is 15.3. The molecule has 1 aliphatic rings. The van der Waals surface area contributed by atoms with Gasteiger partial charge in [-0.25, -0.2) is 0 Å². The molecule has 2 unspecified atom stereocenters. The van der Waals surface area contributed by atoms with Crippen LogP contribution in [0.5, 0.6) is 0 Å². The van der Waals surface area contributed by atoms with E-state index in [0.717, 1.165) is 32.4 Å². The highest BCUT2D eigenvalue weighted by Crippen LogP contribution is 2.45. The number of hydrogen-bond donors (Lipinski definition) is 0. The molecule has 1 aliphatic heterocycles. The van der Waals surface area contributed by atoms with Crippen LogP contribution in [0.1, 0.15) is 49.3 Å². The van der Waals surface area contributed by atoms with Gasteiger partial charge in [0.05, 0.1) is 0 Å². The SMILES string of the molecule is CCCN1C=CN(Cc2ccccc2)C1(Cc1ccccc1)C(CC)c1ccccc1. The van der Waals surface area contributed by atoms with Crippen LogP contribution in [0, 0.1) is 0 Å². The molecule has 3 aromatic rings. The van der Waals surface area contributed by atoms with Crippen molar-refractivity contribution in [2.75, 3.05) is 6.54 Å². The van der Waals surface area contributed by atoms with Crippen LogP contribution in [0.15, 0.2) is 103 Å². The second kappa shape index (κ2) is 9.87. The van der Waals surface area contributed by atoms with Crippen molar-refractivity contribution in [1.82, 2.24) is 9.80 Å². The van der Waals surface area contributed by atoms with Gasteiger partial charge >= 0.3 is 0 Å². The van der Waals surface area contributed by atoms with Crippen molar-refractivity contribution in [3.63, 3.8) is 0 Å². The molecule has 0 spiro atoms. The summed E-state index contributed by atoms with van der Waals surface area (Å²) in [5, 5.41) is 0. The predicted octanol–water partition coefficient (Wildman–Crippen LogP) is 6.82. The van der Waals surface area contributed by atoms with E-state index in [9.17, 15) is 0 Å². The fourth-order valence-electron chi connectivity index (χ4n) is 5.20. The Bertz CT molecular complexity index is 952. The fraction of sp³-hybridized carbons (Fsp3) is 0.310. The average Bonchev–Trinajstić information content (AvgIpc) is 3.14. The molecule has 0 fully saturated rings. The summed E-state index contributed by atoms with van der Waals surface area (Å²) in [6.07, 6.45) is 7.87. The highest BCUT2D eigenvalue weighted by Gasteiger charge is 2.49. The lowest BCUT2D eigenvalue weighted by Gasteiger charge is -2.51. The molecule has 0 saturated heterocycles. The molecule has 0 saturated carbocycles. The van der Waals surface area contributed by atoms with Crippen LogP contribution >= 0.6 is 0 Å². The second-order valence-electron chi connectivity index (χ2n) is 8.52. The van der Waals surface area contributed by atoms with E-state index < -0.39 is 0 Å². The third kappa shape index (κ3) is 4.39. The van der Waals surface area contributed by atoms with Crippen LogP contribution in [0.3, 0.4) is 0 Å². The molecule has 2 atom stereocenters. The minimum atomic E-state index is -0.136. The summed E-state index contributed by atoms with van der Waals surface area (Å²) < 4.78 is 0. The molecular weight excluding hydrogens is 376 g/mol. The van der Waals surface area contributed by atoms with E-state index in [0.29, 0.717) is 5.92 Å². The van der Waals surface area contributed by atoms with Gasteiger partial charge in [-0.3, -0.25) is 0 Å². The molecule has 4 rings (SSSR count). The third-order valence-corrected chi connectivity index (χ3v) is 6.56. The van der Waals surface area contributed by atoms with Gasteiger partial charge in [0, 0.05) is 37.8 Å². The molecule has 1 heterocycles. The van der Waals surface area contributed by atoms with E-state index in [-0.39, 0.29) is 5.66 Å². The average molecular weight is 411 g/mol. The van der Waals surface area contributed by atoms with Gasteiger partial charge in [0.1, 0.15) is 5.66 Å². The lowest BCUT2D eigenvalue weighted by molar-refractivity contribution is -0.00678. The summed E-state index contributed by atoms with van der Waals surface area (Å²) in [6, 6.07) is 33.0. The Balaban J connectivity index is 1.83. The van der Waals surface area contributed by atoms with Gasteiger partial charge in [0.15, 0.2) is 0 Å². The number of hydrogen-bond acceptors (Lipinski definition) is 2. The van der Waals surface area contributed by atoms with Crippen molar-refractivity contribution in [3.8, 4) is 0 Å². The van der Waals surface area contributed by atoms with Crippen molar-refractivity contribution in [1.29, 1.82) is 0 Å². The number of benzene rings is 3. The van der Waals surface area contributed by atoms with E-state index in [1.165, 1.54) is 16.7 Å². The molecular formula is C29H34N2. The molecule has 0 radical (unpaired) electrons. The van der Waals surface area contributed by atoms with Crippen LogP contribution < -0.4 is 0 Å². The maximum Gasteiger partial charge on any atom is 0.123 e. The molecule has 2 heteroatoms. The summed E-state index contributed by atoms with van der Waals surface area (Å²) in [5.74, 6) is 0.388. The first-order valence-corrected chi connectivity index (χ1v) is 11.6. The van der Waals surface area contributed by atoms with Crippen LogP contribution in [-0.2, 0) is 13.0 Å². The van der Waals surface area contributed by atoms with Gasteiger partial charge in [0.25, 0.3) is 0 Å². The van der Waals surface area contributed by atoms with Crippen LogP contribution in [0.4, 0.5) is 0 Å². The van der Waals surface area contributed by atoms with Crippen molar-refractivity contribution >= 4 is 0 Å². The molecule has 160 valence electrons. The summed E-state index contributed by atoms with van der Waals surface area (Å²) >= 11 is 0. The van der Waals surface area contributed by atoms with Crippen molar-refractivity contribution < 1.29 is 0 Å². The van der Waals surface area contributed by atoms with E-state index >= 15 is 0 Å². The zero-order valence-electron chi connectivity index (χ0n) is 18.8. The molecule has 31 heavy (non-hydrogen) atoms. The van der Waals surface area contributed by atoms with Crippen LogP contribution in [0.2, 0.25) is 0 Å². The predicted molar refractivity (Wildman–Crippen MR) is 130 cm³/mol. The standard InChI is InChI=1S/C29H34N2/c1-3-20-30-21-22-31(24-26-16-10-6-11-17-26)29(30,23-25-14-8-5-9-15-25)28(4-2)27-18-12-7-13-19-27/h5-19,21-22,28H,3-4,20,23-24H2,1-2H3. The summed E-state index contributed by atoms with van der Waals surface area (Å²) in [5.41, 5.74) is 4.03. The van der Waals surface area contributed by atoms with Gasteiger partial charge in [-0.15, -0.1) is 0 Å². The first-order valence-electron chi connectivity index (χ1n) is 11.6. The van der Waals surface area contributed by atoms with E-state index in [1.54, 1.807) is 0 Å². The van der Waals surface area contributed by atoms with Crippen molar-refractivity contribution in [3.05, 3.63) is 120 Å². The highest BCUT2D eigenvalue weighted by molar-refractivity contribution is 5.31. The second-order valence-corrected chi connectivity index (χ2v) is 8.52. The topological polar surface area (TPSA) is 6.48 Å². The Morgan fingerprint density at radius 1 is 0.677 bits per heavy atom. The quantitative estimate of drug-likeness (QED) is 0.382. The third-order valence-electron chi connectivity index (χ3n) is 6.56. The Morgan fingerprint density at radius 3 is 1.81 bits per heavy atom. The molecule has 0 N–H and O–H groups in total. The maximum absolute atomic E-state index is 2.62. The Kier molecular flexibility index (Phi) is 6.76. The first kappa shape index (κ1) is 21.2. The number of nitrogens with zero attached hydrogens (tertiary/aromatic N) is 2. The Hall–Kier alpha value is -3.00. The maximum atomic E-state index is 2.62. The summed E-state index contributed by atoms with van der Waals surface area (Å²) in [6.45, 7) is 6.59. The largest absolute Gasteiger partial charge is 0.353 e. The van der Waals surface area contributed by atoms with Crippen molar-refractivity contribution in [2.24, 2.45) is 0 Å². The molecule has 0 aromatic heterocycles. The van der Waals surface area contributed by atoms with Crippen LogP contribution in [-0.4, -0.2) is 22.0 Å². The lowest BCUT2D eigenvalue weighted by atomic mass is 9.78. The van der Waals surface area contributed by atoms with E-state index in [1.807, 2.05) is 0 Å². The Labute approximate surface area is 187 Å².